The molecule has 9 heteroatoms. The zero-order valence-corrected chi connectivity index (χ0v) is 23.5. The second kappa shape index (κ2) is 14.4. The van der Waals surface area contributed by atoms with E-state index < -0.39 is 10.0 Å². The number of aliphatic hydroxyl groups excluding tert-OH is 1. The van der Waals surface area contributed by atoms with Crippen molar-refractivity contribution < 1.29 is 18.3 Å². The van der Waals surface area contributed by atoms with E-state index in [1.807, 2.05) is 18.2 Å². The number of benzene rings is 1. The molecule has 0 bridgehead atoms. The molecular weight excluding hydrogens is 502 g/mol. The lowest BCUT2D eigenvalue weighted by Crippen LogP contribution is -2.44. The lowest BCUT2D eigenvalue weighted by atomic mass is 9.91. The van der Waals surface area contributed by atoms with E-state index >= 15 is 0 Å². The summed E-state index contributed by atoms with van der Waals surface area (Å²) < 4.78 is 34.6. The minimum Gasteiger partial charge on any atom is -0.494 e. The molecule has 1 aromatic carbocycles. The van der Waals surface area contributed by atoms with Crippen LogP contribution in [0.1, 0.15) is 70.6 Å². The van der Waals surface area contributed by atoms with E-state index in [9.17, 15) is 18.3 Å². The van der Waals surface area contributed by atoms with Crippen LogP contribution in [0.25, 0.3) is 10.9 Å². The van der Waals surface area contributed by atoms with Crippen LogP contribution in [0.3, 0.4) is 0 Å². The normalized spacial score (nSPS) is 19.0. The number of ether oxygens (including phenoxy) is 1. The number of nitrogens with zero attached hydrogens (tertiary/aromatic N) is 2. The fourth-order valence-corrected chi connectivity index (χ4v) is 7.30. The third kappa shape index (κ3) is 9.07. The Morgan fingerprint density at radius 3 is 2.45 bits per heavy atom. The molecule has 38 heavy (non-hydrogen) atoms. The average Bonchev–Trinajstić information content (AvgIpc) is 2.88. The number of pyridine rings is 1. The summed E-state index contributed by atoms with van der Waals surface area (Å²) in [4.78, 5) is 16.7. The van der Waals surface area contributed by atoms with Crippen molar-refractivity contribution in [2.45, 2.75) is 76.7 Å². The highest BCUT2D eigenvalue weighted by atomic mass is 32.2. The Labute approximate surface area is 227 Å². The molecule has 1 aliphatic carbocycles. The molecule has 212 valence electrons. The van der Waals surface area contributed by atoms with Crippen molar-refractivity contribution in [3.05, 3.63) is 40.7 Å². The Kier molecular flexibility index (Phi) is 11.0. The van der Waals surface area contributed by atoms with Gasteiger partial charge in [-0.05, 0) is 68.0 Å². The number of piperidine rings is 1. The lowest BCUT2D eigenvalue weighted by Gasteiger charge is -2.33. The van der Waals surface area contributed by atoms with Crippen LogP contribution in [-0.2, 0) is 10.0 Å². The monoisotopic (exact) mass is 547 g/mol. The van der Waals surface area contributed by atoms with E-state index in [0.717, 1.165) is 56.2 Å². The van der Waals surface area contributed by atoms with Crippen molar-refractivity contribution in [2.24, 2.45) is 5.92 Å². The minimum atomic E-state index is -3.37. The molecule has 2 aromatic rings. The molecule has 1 saturated carbocycles. The molecule has 0 radical (unpaired) electrons. The zero-order chi connectivity index (χ0) is 26.8. The number of aromatic nitrogens is 1. The highest BCUT2D eigenvalue weighted by Gasteiger charge is 2.27. The molecule has 1 aliphatic heterocycles. The molecule has 2 fully saturated rings. The van der Waals surface area contributed by atoms with Crippen LogP contribution in [0.4, 0.5) is 0 Å². The molecule has 0 unspecified atom stereocenters. The third-order valence-corrected chi connectivity index (χ3v) is 9.99. The minimum absolute atomic E-state index is 0.132. The van der Waals surface area contributed by atoms with Crippen LogP contribution in [0, 0.1) is 5.92 Å². The largest absolute Gasteiger partial charge is 0.494 e. The summed E-state index contributed by atoms with van der Waals surface area (Å²) in [6.45, 7) is 3.98. The van der Waals surface area contributed by atoms with Crippen LogP contribution in [0.15, 0.2) is 35.1 Å². The van der Waals surface area contributed by atoms with Crippen molar-refractivity contribution in [1.82, 2.24) is 14.2 Å². The Morgan fingerprint density at radius 2 is 1.68 bits per heavy atom. The number of nitrogens with one attached hydrogen (secondary N) is 1. The maximum Gasteiger partial charge on any atom is 0.248 e. The number of unbranched alkanes of at least 4 members (excludes halogenated alkanes) is 1. The first-order valence-electron chi connectivity index (χ1n) is 14.5. The second-order valence-electron chi connectivity index (χ2n) is 11.1. The summed E-state index contributed by atoms with van der Waals surface area (Å²) in [7, 11) is -3.37. The van der Waals surface area contributed by atoms with E-state index in [2.05, 4.69) is 9.88 Å². The topological polar surface area (TPSA) is 103 Å². The van der Waals surface area contributed by atoms with Gasteiger partial charge in [-0.1, -0.05) is 32.1 Å². The van der Waals surface area contributed by atoms with Gasteiger partial charge in [0.1, 0.15) is 5.75 Å². The fourth-order valence-electron chi connectivity index (χ4n) is 5.68. The van der Waals surface area contributed by atoms with Gasteiger partial charge >= 0.3 is 0 Å². The van der Waals surface area contributed by atoms with Crippen LogP contribution < -0.4 is 10.3 Å². The van der Waals surface area contributed by atoms with Crippen molar-refractivity contribution in [3.8, 4) is 5.75 Å². The molecule has 1 saturated heterocycles. The SMILES string of the molecule is O=c1ccc2ccc(OCCCCS(=O)(=O)N(CCN3CCC(O)CC3)CC3CCCCCCC3)cc2[nH]1. The molecule has 4 rings (SSSR count). The van der Waals surface area contributed by atoms with Crippen LogP contribution in [0.5, 0.6) is 5.75 Å². The van der Waals surface area contributed by atoms with Gasteiger partial charge in [-0.3, -0.25) is 4.79 Å². The number of aliphatic hydroxyl groups is 1. The van der Waals surface area contributed by atoms with E-state index in [-0.39, 0.29) is 17.4 Å². The number of rotatable bonds is 12. The van der Waals surface area contributed by atoms with Gasteiger partial charge in [-0.25, -0.2) is 12.7 Å². The molecular formula is C29H45N3O5S. The smallest absolute Gasteiger partial charge is 0.248 e. The number of H-pyrrole nitrogens is 1. The first-order chi connectivity index (χ1) is 18.4. The van der Waals surface area contributed by atoms with Gasteiger partial charge in [0.2, 0.25) is 15.6 Å². The second-order valence-corrected chi connectivity index (χ2v) is 13.2. The fraction of sp³-hybridized carbons (Fsp3) is 0.690. The predicted octanol–water partition coefficient (Wildman–Crippen LogP) is 4.14. The van der Waals surface area contributed by atoms with Crippen molar-refractivity contribution in [3.63, 3.8) is 0 Å². The summed E-state index contributed by atoms with van der Waals surface area (Å²) in [5.41, 5.74) is 0.576. The van der Waals surface area contributed by atoms with Gasteiger partial charge in [0.15, 0.2) is 0 Å². The van der Waals surface area contributed by atoms with E-state index in [1.54, 1.807) is 10.4 Å². The quantitative estimate of drug-likeness (QED) is 0.387. The van der Waals surface area contributed by atoms with E-state index in [0.29, 0.717) is 44.2 Å². The highest BCUT2D eigenvalue weighted by Crippen LogP contribution is 2.25. The molecule has 0 amide bonds. The maximum atomic E-state index is 13.5. The van der Waals surface area contributed by atoms with Gasteiger partial charge in [0.25, 0.3) is 0 Å². The van der Waals surface area contributed by atoms with E-state index in [1.165, 1.54) is 38.2 Å². The van der Waals surface area contributed by atoms with Gasteiger partial charge in [-0.15, -0.1) is 0 Å². The zero-order valence-electron chi connectivity index (χ0n) is 22.7. The maximum absolute atomic E-state index is 13.5. The average molecular weight is 548 g/mol. The lowest BCUT2D eigenvalue weighted by molar-refractivity contribution is 0.0799. The van der Waals surface area contributed by atoms with Gasteiger partial charge in [-0.2, -0.15) is 0 Å². The van der Waals surface area contributed by atoms with Crippen molar-refractivity contribution in [1.29, 1.82) is 0 Å². The number of aromatic amines is 1. The number of hydrogen-bond donors (Lipinski definition) is 2. The van der Waals surface area contributed by atoms with Crippen LogP contribution in [0.2, 0.25) is 0 Å². The summed E-state index contributed by atoms with van der Waals surface area (Å²) >= 11 is 0. The number of hydrogen-bond acceptors (Lipinski definition) is 6. The number of sulfonamides is 1. The summed E-state index contributed by atoms with van der Waals surface area (Å²) in [5, 5.41) is 10.8. The first-order valence-corrected chi connectivity index (χ1v) is 16.1. The van der Waals surface area contributed by atoms with Crippen molar-refractivity contribution >= 4 is 20.9 Å². The van der Waals surface area contributed by atoms with Crippen LogP contribution in [-0.4, -0.2) is 78.9 Å². The number of likely N-dealkylation sites (tertiary alicyclic amines) is 1. The number of fused-ring (bicyclic) bond motifs is 1. The molecule has 2 heterocycles. The first kappa shape index (κ1) is 29.1. The Bertz CT molecular complexity index is 1150. The Balaban J connectivity index is 1.28. The molecule has 2 N–H and O–H groups in total. The summed E-state index contributed by atoms with van der Waals surface area (Å²) in [6, 6.07) is 8.86. The summed E-state index contributed by atoms with van der Waals surface area (Å²) in [6.07, 6.45) is 10.9. The predicted molar refractivity (Wildman–Crippen MR) is 152 cm³/mol. The Morgan fingerprint density at radius 1 is 0.974 bits per heavy atom. The molecule has 8 nitrogen and oxygen atoms in total. The Hall–Kier alpha value is -1.94. The molecule has 0 atom stereocenters. The van der Waals surface area contributed by atoms with Gasteiger partial charge < -0.3 is 19.7 Å². The highest BCUT2D eigenvalue weighted by molar-refractivity contribution is 7.89. The molecule has 1 aromatic heterocycles. The van der Waals surface area contributed by atoms with Crippen molar-refractivity contribution in [2.75, 3.05) is 45.1 Å². The summed E-state index contributed by atoms with van der Waals surface area (Å²) in [5.74, 6) is 1.24. The molecule has 2 aliphatic rings. The van der Waals surface area contributed by atoms with Gasteiger partial charge in [0.05, 0.1) is 24.0 Å². The van der Waals surface area contributed by atoms with Crippen LogP contribution >= 0.6 is 0 Å². The molecule has 0 spiro atoms. The van der Waals surface area contributed by atoms with Gasteiger partial charge in [0, 0.05) is 44.9 Å². The third-order valence-electron chi connectivity index (χ3n) is 8.06. The van der Waals surface area contributed by atoms with E-state index in [4.69, 9.17) is 4.74 Å². The standard InChI is InChI=1S/C29H45N3O5S/c33-26-14-16-31(17-15-26)18-19-32(23-24-8-4-2-1-3-5-9-24)38(35,36)21-7-6-20-37-27-12-10-25-11-13-29(34)30-28(25)22-27/h10-13,22,24,26,33H,1-9,14-21,23H2,(H,30,34).